The van der Waals surface area contributed by atoms with E-state index in [2.05, 4.69) is 19.0 Å². The standard InChI is InChI=1S/C18H25NO2/c1-19(2)15-8-10-18(11-9-15)12-16(18)17(20)21-13-14-6-4-3-5-7-14/h3-7,15-16H,8-13H2,1-2H3/t15?,16-,18?/m1/s1. The topological polar surface area (TPSA) is 29.5 Å². The number of carbonyl (C=O) groups is 1. The molecule has 0 aliphatic heterocycles. The molecule has 1 aromatic rings. The Kier molecular flexibility index (Phi) is 4.03. The summed E-state index contributed by atoms with van der Waals surface area (Å²) >= 11 is 0. The Bertz CT molecular complexity index is 489. The lowest BCUT2D eigenvalue weighted by Gasteiger charge is -2.33. The fourth-order valence-corrected chi connectivity index (χ4v) is 3.76. The highest BCUT2D eigenvalue weighted by Crippen LogP contribution is 2.62. The molecule has 1 aromatic carbocycles. The van der Waals surface area contributed by atoms with Crippen LogP contribution in [0, 0.1) is 11.3 Å². The summed E-state index contributed by atoms with van der Waals surface area (Å²) in [7, 11) is 4.31. The molecule has 0 N–H and O–H groups in total. The van der Waals surface area contributed by atoms with Crippen LogP contribution in [0.3, 0.4) is 0 Å². The molecule has 2 fully saturated rings. The van der Waals surface area contributed by atoms with E-state index in [-0.39, 0.29) is 17.3 Å². The lowest BCUT2D eigenvalue weighted by Crippen LogP contribution is -2.33. The molecule has 0 unspecified atom stereocenters. The normalized spacial score (nSPS) is 31.4. The van der Waals surface area contributed by atoms with Crippen LogP contribution >= 0.6 is 0 Å². The van der Waals surface area contributed by atoms with Gasteiger partial charge in [0.2, 0.25) is 0 Å². The SMILES string of the molecule is CN(C)C1CCC2(CC1)C[C@@H]2C(=O)OCc1ccccc1. The molecule has 3 heteroatoms. The first-order valence-corrected chi connectivity index (χ1v) is 7.98. The van der Waals surface area contributed by atoms with E-state index in [4.69, 9.17) is 4.74 Å². The number of benzene rings is 1. The van der Waals surface area contributed by atoms with Gasteiger partial charge in [-0.15, -0.1) is 0 Å². The Morgan fingerprint density at radius 3 is 2.52 bits per heavy atom. The van der Waals surface area contributed by atoms with Crippen molar-refractivity contribution >= 4 is 5.97 Å². The lowest BCUT2D eigenvalue weighted by atomic mass is 9.81. The molecule has 2 aliphatic carbocycles. The molecule has 1 atom stereocenters. The molecule has 0 aromatic heterocycles. The Hall–Kier alpha value is -1.35. The summed E-state index contributed by atoms with van der Waals surface area (Å²) in [4.78, 5) is 14.6. The summed E-state index contributed by atoms with van der Waals surface area (Å²) < 4.78 is 5.50. The number of ether oxygens (including phenoxy) is 1. The van der Waals surface area contributed by atoms with Crippen LogP contribution in [0.15, 0.2) is 30.3 Å². The van der Waals surface area contributed by atoms with E-state index in [1.54, 1.807) is 0 Å². The molecule has 0 saturated heterocycles. The zero-order valence-electron chi connectivity index (χ0n) is 13.0. The van der Waals surface area contributed by atoms with Crippen molar-refractivity contribution in [1.29, 1.82) is 0 Å². The molecule has 1 spiro atoms. The lowest BCUT2D eigenvalue weighted by molar-refractivity contribution is -0.147. The van der Waals surface area contributed by atoms with Crippen LogP contribution in [-0.4, -0.2) is 31.0 Å². The predicted molar refractivity (Wildman–Crippen MR) is 82.7 cm³/mol. The van der Waals surface area contributed by atoms with Crippen molar-refractivity contribution in [3.05, 3.63) is 35.9 Å². The van der Waals surface area contributed by atoms with Crippen molar-refractivity contribution in [1.82, 2.24) is 4.90 Å². The third-order valence-electron chi connectivity index (χ3n) is 5.38. The van der Waals surface area contributed by atoms with Crippen molar-refractivity contribution in [3.8, 4) is 0 Å². The molecule has 0 amide bonds. The third kappa shape index (κ3) is 3.13. The first kappa shape index (κ1) is 14.6. The zero-order chi connectivity index (χ0) is 14.9. The van der Waals surface area contributed by atoms with Gasteiger partial charge < -0.3 is 9.64 Å². The molecule has 21 heavy (non-hydrogen) atoms. The summed E-state index contributed by atoms with van der Waals surface area (Å²) in [5, 5.41) is 0. The van der Waals surface area contributed by atoms with Gasteiger partial charge in [-0.3, -0.25) is 4.79 Å². The summed E-state index contributed by atoms with van der Waals surface area (Å²) in [5.74, 6) is 0.173. The van der Waals surface area contributed by atoms with Crippen molar-refractivity contribution in [2.45, 2.75) is 44.8 Å². The third-order valence-corrected chi connectivity index (χ3v) is 5.38. The van der Waals surface area contributed by atoms with E-state index in [1.165, 1.54) is 25.7 Å². The highest BCUT2D eigenvalue weighted by atomic mass is 16.5. The minimum Gasteiger partial charge on any atom is -0.461 e. The van der Waals surface area contributed by atoms with Gasteiger partial charge in [0.05, 0.1) is 5.92 Å². The predicted octanol–water partition coefficient (Wildman–Crippen LogP) is 3.24. The van der Waals surface area contributed by atoms with E-state index in [9.17, 15) is 4.79 Å². The molecule has 3 rings (SSSR count). The summed E-state index contributed by atoms with van der Waals surface area (Å²) in [6.45, 7) is 0.409. The van der Waals surface area contributed by atoms with Crippen LogP contribution in [0.5, 0.6) is 0 Å². The van der Waals surface area contributed by atoms with Crippen LogP contribution in [0.1, 0.15) is 37.7 Å². The second-order valence-electron chi connectivity index (χ2n) is 6.91. The Balaban J connectivity index is 1.48. The van der Waals surface area contributed by atoms with Gasteiger partial charge in [-0.25, -0.2) is 0 Å². The number of hydrogen-bond donors (Lipinski definition) is 0. The second-order valence-corrected chi connectivity index (χ2v) is 6.91. The maximum atomic E-state index is 12.2. The van der Waals surface area contributed by atoms with Crippen LogP contribution in [0.2, 0.25) is 0 Å². The highest BCUT2D eigenvalue weighted by Gasteiger charge is 2.59. The number of carbonyl (C=O) groups excluding carboxylic acids is 1. The summed E-state index contributed by atoms with van der Waals surface area (Å²) in [6.07, 6.45) is 5.84. The number of rotatable bonds is 4. The Morgan fingerprint density at radius 2 is 1.90 bits per heavy atom. The van der Waals surface area contributed by atoms with Gasteiger partial charge in [-0.2, -0.15) is 0 Å². The van der Waals surface area contributed by atoms with E-state index in [1.807, 2.05) is 30.3 Å². The summed E-state index contributed by atoms with van der Waals surface area (Å²) in [5.41, 5.74) is 1.34. The second kappa shape index (κ2) is 5.80. The molecular weight excluding hydrogens is 262 g/mol. The smallest absolute Gasteiger partial charge is 0.309 e. The highest BCUT2D eigenvalue weighted by molar-refractivity contribution is 5.77. The van der Waals surface area contributed by atoms with Crippen LogP contribution < -0.4 is 0 Å². The van der Waals surface area contributed by atoms with E-state index >= 15 is 0 Å². The molecule has 114 valence electrons. The molecule has 2 saturated carbocycles. The fraction of sp³-hybridized carbons (Fsp3) is 0.611. The summed E-state index contributed by atoms with van der Waals surface area (Å²) in [6, 6.07) is 10.6. The first-order valence-electron chi connectivity index (χ1n) is 7.98. The number of nitrogens with zero attached hydrogens (tertiary/aromatic N) is 1. The Morgan fingerprint density at radius 1 is 1.24 bits per heavy atom. The van der Waals surface area contributed by atoms with Gasteiger partial charge in [0.15, 0.2) is 0 Å². The van der Waals surface area contributed by atoms with Crippen LogP contribution in [-0.2, 0) is 16.1 Å². The van der Waals surface area contributed by atoms with Gasteiger partial charge in [0, 0.05) is 6.04 Å². The quantitative estimate of drug-likeness (QED) is 0.796. The van der Waals surface area contributed by atoms with Crippen LogP contribution in [0.25, 0.3) is 0 Å². The zero-order valence-corrected chi connectivity index (χ0v) is 13.0. The maximum Gasteiger partial charge on any atom is 0.309 e. The number of esters is 1. The average molecular weight is 287 g/mol. The minimum atomic E-state index is 0.0159. The van der Waals surface area contributed by atoms with Gasteiger partial charge in [0.25, 0.3) is 0 Å². The van der Waals surface area contributed by atoms with Gasteiger partial charge in [0.1, 0.15) is 6.61 Å². The van der Waals surface area contributed by atoms with E-state index in [0.29, 0.717) is 12.6 Å². The molecule has 2 aliphatic rings. The Labute approximate surface area is 127 Å². The van der Waals surface area contributed by atoms with Crippen molar-refractivity contribution < 1.29 is 9.53 Å². The van der Waals surface area contributed by atoms with Gasteiger partial charge in [-0.05, 0) is 57.2 Å². The first-order chi connectivity index (χ1) is 10.1. The molecule has 0 radical (unpaired) electrons. The largest absolute Gasteiger partial charge is 0.461 e. The van der Waals surface area contributed by atoms with Crippen molar-refractivity contribution in [2.75, 3.05) is 14.1 Å². The average Bonchev–Trinajstić information content (AvgIpc) is 3.20. The maximum absolute atomic E-state index is 12.2. The van der Waals surface area contributed by atoms with Crippen LogP contribution in [0.4, 0.5) is 0 Å². The van der Waals surface area contributed by atoms with Crippen molar-refractivity contribution in [2.24, 2.45) is 11.3 Å². The van der Waals surface area contributed by atoms with E-state index < -0.39 is 0 Å². The molecule has 0 heterocycles. The monoisotopic (exact) mass is 287 g/mol. The molecular formula is C18H25NO2. The van der Waals surface area contributed by atoms with E-state index in [0.717, 1.165) is 12.0 Å². The van der Waals surface area contributed by atoms with Gasteiger partial charge in [-0.1, -0.05) is 30.3 Å². The molecule has 0 bridgehead atoms. The molecule has 3 nitrogen and oxygen atoms in total. The number of hydrogen-bond acceptors (Lipinski definition) is 3. The minimum absolute atomic E-state index is 0.0159. The fourth-order valence-electron chi connectivity index (χ4n) is 3.76. The van der Waals surface area contributed by atoms with Crippen molar-refractivity contribution in [3.63, 3.8) is 0 Å². The van der Waals surface area contributed by atoms with Gasteiger partial charge >= 0.3 is 5.97 Å².